The van der Waals surface area contributed by atoms with Gasteiger partial charge >= 0.3 is 0 Å². The lowest BCUT2D eigenvalue weighted by Crippen LogP contribution is -2.21. The highest BCUT2D eigenvalue weighted by atomic mass is 19.1. The Hall–Kier alpha value is -3.67. The number of hydrogen-bond donors (Lipinski definition) is 2. The van der Waals surface area contributed by atoms with Crippen LogP contribution in [0.1, 0.15) is 15.9 Å². The van der Waals surface area contributed by atoms with Crippen LogP contribution in [0, 0.1) is 12.7 Å². The Morgan fingerprint density at radius 2 is 1.61 bits per heavy atom. The molecule has 3 aromatic carbocycles. The van der Waals surface area contributed by atoms with Gasteiger partial charge in [0.05, 0.1) is 5.56 Å². The van der Waals surface area contributed by atoms with E-state index in [1.54, 1.807) is 55.5 Å². The van der Waals surface area contributed by atoms with Gasteiger partial charge in [0.2, 0.25) is 0 Å². The van der Waals surface area contributed by atoms with Crippen LogP contribution in [-0.2, 0) is 4.79 Å². The summed E-state index contributed by atoms with van der Waals surface area (Å²) in [5.74, 6) is -0.924. The first-order valence-corrected chi connectivity index (χ1v) is 8.67. The van der Waals surface area contributed by atoms with E-state index in [1.165, 1.54) is 6.07 Å². The number of ether oxygens (including phenoxy) is 1. The average molecular weight is 378 g/mol. The Morgan fingerprint density at radius 1 is 0.893 bits per heavy atom. The molecule has 0 saturated carbocycles. The molecule has 3 aromatic rings. The molecule has 0 radical (unpaired) electrons. The predicted octanol–water partition coefficient (Wildman–Crippen LogP) is 4.40. The quantitative estimate of drug-likeness (QED) is 0.668. The number of benzene rings is 3. The van der Waals surface area contributed by atoms with E-state index in [0.717, 1.165) is 0 Å². The molecule has 0 unspecified atom stereocenters. The average Bonchev–Trinajstić information content (AvgIpc) is 2.70. The minimum atomic E-state index is -0.457. The number of rotatable bonds is 6. The Morgan fingerprint density at radius 3 is 2.36 bits per heavy atom. The number of nitrogens with one attached hydrogen (secondary N) is 2. The molecule has 28 heavy (non-hydrogen) atoms. The van der Waals surface area contributed by atoms with Crippen molar-refractivity contribution in [3.63, 3.8) is 0 Å². The molecular weight excluding hydrogens is 359 g/mol. The van der Waals surface area contributed by atoms with Crippen molar-refractivity contribution in [3.05, 3.63) is 89.7 Å². The van der Waals surface area contributed by atoms with Gasteiger partial charge in [-0.1, -0.05) is 36.4 Å². The largest absolute Gasteiger partial charge is 0.483 e. The van der Waals surface area contributed by atoms with Gasteiger partial charge in [0.15, 0.2) is 6.61 Å². The van der Waals surface area contributed by atoms with E-state index >= 15 is 0 Å². The SMILES string of the molecule is Cc1ccc(NC(=O)COc2ccccc2C(=O)Nc2ccccc2)cc1F. The maximum absolute atomic E-state index is 13.6. The normalized spacial score (nSPS) is 10.2. The number of aryl methyl sites for hydroxylation is 1. The molecule has 0 heterocycles. The minimum Gasteiger partial charge on any atom is -0.483 e. The van der Waals surface area contributed by atoms with Crippen molar-refractivity contribution in [2.24, 2.45) is 0 Å². The van der Waals surface area contributed by atoms with Gasteiger partial charge < -0.3 is 15.4 Å². The van der Waals surface area contributed by atoms with Crippen molar-refractivity contribution >= 4 is 23.2 Å². The molecule has 0 bridgehead atoms. The Kier molecular flexibility index (Phi) is 6.01. The molecule has 0 aliphatic rings. The van der Waals surface area contributed by atoms with Crippen molar-refractivity contribution in [2.75, 3.05) is 17.2 Å². The number of amides is 2. The first kappa shape index (κ1) is 19.1. The van der Waals surface area contributed by atoms with Crippen LogP contribution in [-0.4, -0.2) is 18.4 Å². The standard InChI is InChI=1S/C22H19FN2O3/c1-15-11-12-17(13-19(15)23)24-21(26)14-28-20-10-6-5-9-18(20)22(27)25-16-7-3-2-4-8-16/h2-13H,14H2,1H3,(H,24,26)(H,25,27). The molecule has 0 aromatic heterocycles. The number of carbonyl (C=O) groups is 2. The summed E-state index contributed by atoms with van der Waals surface area (Å²) in [4.78, 5) is 24.6. The van der Waals surface area contributed by atoms with Crippen LogP contribution in [0.4, 0.5) is 15.8 Å². The van der Waals surface area contributed by atoms with Crippen LogP contribution < -0.4 is 15.4 Å². The van der Waals surface area contributed by atoms with Gasteiger partial charge in [-0.3, -0.25) is 9.59 Å². The van der Waals surface area contributed by atoms with Crippen molar-refractivity contribution in [2.45, 2.75) is 6.92 Å². The zero-order valence-electron chi connectivity index (χ0n) is 15.2. The third-order valence-corrected chi connectivity index (χ3v) is 3.98. The van der Waals surface area contributed by atoms with Gasteiger partial charge in [-0.2, -0.15) is 0 Å². The van der Waals surface area contributed by atoms with Crippen molar-refractivity contribution < 1.29 is 18.7 Å². The first-order valence-electron chi connectivity index (χ1n) is 8.67. The number of anilines is 2. The monoisotopic (exact) mass is 378 g/mol. The van der Waals surface area contributed by atoms with E-state index in [9.17, 15) is 14.0 Å². The molecule has 0 saturated heterocycles. The van der Waals surface area contributed by atoms with E-state index in [-0.39, 0.29) is 18.3 Å². The maximum Gasteiger partial charge on any atom is 0.262 e. The lowest BCUT2D eigenvalue weighted by atomic mass is 10.2. The van der Waals surface area contributed by atoms with Crippen LogP contribution in [0.15, 0.2) is 72.8 Å². The molecule has 0 fully saturated rings. The molecule has 2 amide bonds. The van der Waals surface area contributed by atoms with Gasteiger partial charge in [0.25, 0.3) is 11.8 Å². The molecule has 0 aliphatic carbocycles. The number of hydrogen-bond acceptors (Lipinski definition) is 3. The number of carbonyl (C=O) groups excluding carboxylic acids is 2. The third-order valence-electron chi connectivity index (χ3n) is 3.98. The van der Waals surface area contributed by atoms with Gasteiger partial charge in [0.1, 0.15) is 11.6 Å². The smallest absolute Gasteiger partial charge is 0.262 e. The summed E-state index contributed by atoms with van der Waals surface area (Å²) in [5, 5.41) is 5.34. The minimum absolute atomic E-state index is 0.279. The molecule has 2 N–H and O–H groups in total. The van der Waals surface area contributed by atoms with E-state index in [2.05, 4.69) is 10.6 Å². The van der Waals surface area contributed by atoms with Crippen LogP contribution >= 0.6 is 0 Å². The highest BCUT2D eigenvalue weighted by molar-refractivity contribution is 6.06. The fourth-order valence-electron chi connectivity index (χ4n) is 2.51. The van der Waals surface area contributed by atoms with Gasteiger partial charge in [0, 0.05) is 11.4 Å². The predicted molar refractivity (Wildman–Crippen MR) is 106 cm³/mol. The second kappa shape index (κ2) is 8.81. The molecule has 5 nitrogen and oxygen atoms in total. The van der Waals surface area contributed by atoms with Gasteiger partial charge in [-0.15, -0.1) is 0 Å². The Bertz CT molecular complexity index is 990. The molecule has 0 spiro atoms. The van der Waals surface area contributed by atoms with E-state index in [0.29, 0.717) is 22.5 Å². The zero-order chi connectivity index (χ0) is 19.9. The van der Waals surface area contributed by atoms with Crippen LogP contribution in [0.3, 0.4) is 0 Å². The fraction of sp³-hybridized carbons (Fsp3) is 0.0909. The number of para-hydroxylation sites is 2. The summed E-state index contributed by atoms with van der Waals surface area (Å²) < 4.78 is 19.1. The van der Waals surface area contributed by atoms with Gasteiger partial charge in [-0.05, 0) is 48.9 Å². The summed E-state index contributed by atoms with van der Waals surface area (Å²) in [5.41, 5.74) is 1.79. The van der Waals surface area contributed by atoms with Crippen molar-refractivity contribution in [1.29, 1.82) is 0 Å². The van der Waals surface area contributed by atoms with E-state index in [1.807, 2.05) is 18.2 Å². The van der Waals surface area contributed by atoms with E-state index < -0.39 is 11.7 Å². The Balaban J connectivity index is 1.63. The first-order chi connectivity index (χ1) is 13.5. The van der Waals surface area contributed by atoms with E-state index in [4.69, 9.17) is 4.74 Å². The fourth-order valence-corrected chi connectivity index (χ4v) is 2.51. The summed E-state index contributed by atoms with van der Waals surface area (Å²) >= 11 is 0. The Labute approximate surface area is 162 Å². The summed E-state index contributed by atoms with van der Waals surface area (Å²) in [7, 11) is 0. The molecular formula is C22H19FN2O3. The second-order valence-electron chi connectivity index (χ2n) is 6.12. The van der Waals surface area contributed by atoms with Crippen molar-refractivity contribution in [3.8, 4) is 5.75 Å². The maximum atomic E-state index is 13.6. The summed E-state index contributed by atoms with van der Waals surface area (Å²) in [6.07, 6.45) is 0. The lowest BCUT2D eigenvalue weighted by molar-refractivity contribution is -0.118. The van der Waals surface area contributed by atoms with Crippen LogP contribution in [0.2, 0.25) is 0 Å². The molecule has 142 valence electrons. The molecule has 0 aliphatic heterocycles. The topological polar surface area (TPSA) is 67.4 Å². The van der Waals surface area contributed by atoms with Gasteiger partial charge in [-0.25, -0.2) is 4.39 Å². The highest BCUT2D eigenvalue weighted by Crippen LogP contribution is 2.20. The third kappa shape index (κ3) is 4.94. The second-order valence-corrected chi connectivity index (χ2v) is 6.12. The lowest BCUT2D eigenvalue weighted by Gasteiger charge is -2.12. The molecule has 3 rings (SSSR count). The molecule has 6 heteroatoms. The number of halogens is 1. The summed E-state index contributed by atoms with van der Waals surface area (Å²) in [6.45, 7) is 1.33. The van der Waals surface area contributed by atoms with Crippen molar-refractivity contribution in [1.82, 2.24) is 0 Å². The van der Waals surface area contributed by atoms with Crippen LogP contribution in [0.25, 0.3) is 0 Å². The molecule has 0 atom stereocenters. The highest BCUT2D eigenvalue weighted by Gasteiger charge is 2.14. The van der Waals surface area contributed by atoms with Crippen LogP contribution in [0.5, 0.6) is 5.75 Å². The zero-order valence-corrected chi connectivity index (χ0v) is 15.2. The summed E-state index contributed by atoms with van der Waals surface area (Å²) in [6, 6.07) is 20.1.